The molecule has 0 fully saturated rings. The molecule has 0 aliphatic rings. The van der Waals surface area contributed by atoms with E-state index >= 15 is 0 Å². The Balaban J connectivity index is 2.58. The molecule has 0 aliphatic carbocycles. The van der Waals surface area contributed by atoms with Crippen LogP contribution in [0.1, 0.15) is 21.5 Å². The maximum atomic E-state index is 13.1. The molecule has 0 saturated heterocycles. The first-order valence-electron chi connectivity index (χ1n) is 6.56. The topological polar surface area (TPSA) is 35.5 Å². The number of hydrogen-bond acceptors (Lipinski definition) is 3. The molecule has 24 heavy (non-hydrogen) atoms. The number of methoxy groups -OCH3 is 1. The molecule has 0 aromatic heterocycles. The van der Waals surface area contributed by atoms with Gasteiger partial charge < -0.3 is 9.47 Å². The lowest BCUT2D eigenvalue weighted by Gasteiger charge is -2.16. The van der Waals surface area contributed by atoms with Gasteiger partial charge in [0.25, 0.3) is 0 Å². The maximum Gasteiger partial charge on any atom is 0.417 e. The molecule has 2 rings (SSSR count). The summed E-state index contributed by atoms with van der Waals surface area (Å²) in [6, 6.07) is 4.91. The maximum absolute atomic E-state index is 13.1. The van der Waals surface area contributed by atoms with E-state index in [1.807, 2.05) is 0 Å². The molecule has 0 unspecified atom stereocenters. The van der Waals surface area contributed by atoms with Gasteiger partial charge >= 0.3 is 12.1 Å². The SMILES string of the molecule is COC(=O)c1cc(Cl)c(C(F)(F)F)cc1Oc1ccc(F)cc1C. The average molecular weight is 363 g/mol. The van der Waals surface area contributed by atoms with Gasteiger partial charge in [-0.2, -0.15) is 13.2 Å². The summed E-state index contributed by atoms with van der Waals surface area (Å²) in [5.74, 6) is -1.74. The molecule has 0 saturated carbocycles. The van der Waals surface area contributed by atoms with Crippen molar-refractivity contribution in [3.63, 3.8) is 0 Å². The Bertz CT molecular complexity index is 788. The molecular weight excluding hydrogens is 352 g/mol. The highest BCUT2D eigenvalue weighted by Gasteiger charge is 2.35. The Kier molecular flexibility index (Phi) is 5.03. The van der Waals surface area contributed by atoms with Gasteiger partial charge in [0.15, 0.2) is 0 Å². The first-order valence-corrected chi connectivity index (χ1v) is 6.94. The minimum absolute atomic E-state index is 0.0944. The van der Waals surface area contributed by atoms with Gasteiger partial charge in [-0.25, -0.2) is 9.18 Å². The summed E-state index contributed by atoms with van der Waals surface area (Å²) in [5.41, 5.74) is -1.10. The number of hydrogen-bond donors (Lipinski definition) is 0. The molecule has 0 spiro atoms. The fraction of sp³-hybridized carbons (Fsp3) is 0.188. The smallest absolute Gasteiger partial charge is 0.417 e. The van der Waals surface area contributed by atoms with Crippen LogP contribution in [0.3, 0.4) is 0 Å². The van der Waals surface area contributed by atoms with E-state index in [1.165, 1.54) is 13.0 Å². The third kappa shape index (κ3) is 3.79. The van der Waals surface area contributed by atoms with Gasteiger partial charge in [-0.05, 0) is 42.8 Å². The third-order valence-electron chi connectivity index (χ3n) is 3.14. The zero-order chi connectivity index (χ0) is 18.1. The van der Waals surface area contributed by atoms with E-state index in [0.717, 1.165) is 25.3 Å². The van der Waals surface area contributed by atoms with Crippen molar-refractivity contribution in [3.05, 3.63) is 57.9 Å². The monoisotopic (exact) mass is 362 g/mol. The molecule has 2 aromatic rings. The summed E-state index contributed by atoms with van der Waals surface area (Å²) in [6.45, 7) is 1.51. The lowest BCUT2D eigenvalue weighted by Crippen LogP contribution is -2.10. The van der Waals surface area contributed by atoms with Gasteiger partial charge in [0, 0.05) is 0 Å². The van der Waals surface area contributed by atoms with Crippen LogP contribution in [-0.2, 0) is 10.9 Å². The number of halogens is 5. The quantitative estimate of drug-likeness (QED) is 0.543. The predicted molar refractivity (Wildman–Crippen MR) is 79.0 cm³/mol. The van der Waals surface area contributed by atoms with Crippen LogP contribution in [0.4, 0.5) is 17.6 Å². The van der Waals surface area contributed by atoms with Gasteiger partial charge in [-0.15, -0.1) is 0 Å². The Morgan fingerprint density at radius 2 is 1.79 bits per heavy atom. The Labute approximate surface area is 139 Å². The Morgan fingerprint density at radius 3 is 2.33 bits per heavy atom. The lowest BCUT2D eigenvalue weighted by molar-refractivity contribution is -0.137. The number of alkyl halides is 3. The molecule has 128 valence electrons. The summed E-state index contributed by atoms with van der Waals surface area (Å²) in [4.78, 5) is 11.8. The van der Waals surface area contributed by atoms with Crippen molar-refractivity contribution >= 4 is 17.6 Å². The van der Waals surface area contributed by atoms with Crippen LogP contribution in [-0.4, -0.2) is 13.1 Å². The van der Waals surface area contributed by atoms with Crippen molar-refractivity contribution in [2.24, 2.45) is 0 Å². The Hall–Kier alpha value is -2.28. The van der Waals surface area contributed by atoms with Gasteiger partial charge in [-0.1, -0.05) is 11.6 Å². The molecule has 0 bridgehead atoms. The average Bonchev–Trinajstić information content (AvgIpc) is 2.49. The minimum Gasteiger partial charge on any atom is -0.465 e. The number of aryl methyl sites for hydroxylation is 1. The molecule has 2 aromatic carbocycles. The van der Waals surface area contributed by atoms with E-state index in [9.17, 15) is 22.4 Å². The molecule has 0 heterocycles. The van der Waals surface area contributed by atoms with Gasteiger partial charge in [0.1, 0.15) is 22.9 Å². The normalized spacial score (nSPS) is 11.3. The van der Waals surface area contributed by atoms with Crippen LogP contribution in [0.5, 0.6) is 11.5 Å². The fourth-order valence-corrected chi connectivity index (χ4v) is 2.24. The number of rotatable bonds is 3. The van der Waals surface area contributed by atoms with Gasteiger partial charge in [0.05, 0.1) is 17.7 Å². The van der Waals surface area contributed by atoms with Crippen molar-refractivity contribution < 1.29 is 31.8 Å². The van der Waals surface area contributed by atoms with Crippen LogP contribution in [0.15, 0.2) is 30.3 Å². The highest BCUT2D eigenvalue weighted by molar-refractivity contribution is 6.31. The molecule has 0 radical (unpaired) electrons. The van der Waals surface area contributed by atoms with Crippen molar-refractivity contribution in [1.29, 1.82) is 0 Å². The molecule has 3 nitrogen and oxygen atoms in total. The van der Waals surface area contributed by atoms with Crippen molar-refractivity contribution in [1.82, 2.24) is 0 Å². The van der Waals surface area contributed by atoms with E-state index < -0.39 is 34.3 Å². The number of benzene rings is 2. The summed E-state index contributed by atoms with van der Waals surface area (Å²) in [6.07, 6.45) is -4.73. The molecule has 0 aliphatic heterocycles. The Morgan fingerprint density at radius 1 is 1.12 bits per heavy atom. The summed E-state index contributed by atoms with van der Waals surface area (Å²) in [7, 11) is 1.07. The van der Waals surface area contributed by atoms with Gasteiger partial charge in [-0.3, -0.25) is 0 Å². The summed E-state index contributed by atoms with van der Waals surface area (Å²) in [5, 5.41) is -0.661. The number of ether oxygens (including phenoxy) is 2. The second-order valence-corrected chi connectivity index (χ2v) is 5.24. The number of carbonyl (C=O) groups excluding carboxylic acids is 1. The zero-order valence-electron chi connectivity index (χ0n) is 12.5. The molecule has 0 amide bonds. The summed E-state index contributed by atoms with van der Waals surface area (Å²) < 4.78 is 62.1. The molecule has 8 heteroatoms. The second kappa shape index (κ2) is 6.68. The molecule has 0 N–H and O–H groups in total. The van der Waals surface area contributed by atoms with E-state index in [2.05, 4.69) is 4.74 Å². The first-order chi connectivity index (χ1) is 11.1. The van der Waals surface area contributed by atoms with E-state index in [0.29, 0.717) is 11.6 Å². The van der Waals surface area contributed by atoms with Crippen LogP contribution in [0.25, 0.3) is 0 Å². The standard InChI is InChI=1S/C16H11ClF4O3/c1-8-5-9(18)3-4-13(8)24-14-7-11(16(19,20)21)12(17)6-10(14)15(22)23-2/h3-7H,1-2H3. The number of carbonyl (C=O) groups is 1. The zero-order valence-corrected chi connectivity index (χ0v) is 13.3. The van der Waals surface area contributed by atoms with Crippen molar-refractivity contribution in [2.45, 2.75) is 13.1 Å². The third-order valence-corrected chi connectivity index (χ3v) is 3.45. The molecule has 0 atom stereocenters. The largest absolute Gasteiger partial charge is 0.465 e. The van der Waals surface area contributed by atoms with Crippen LogP contribution in [0, 0.1) is 12.7 Å². The minimum atomic E-state index is -4.73. The highest BCUT2D eigenvalue weighted by atomic mass is 35.5. The fourth-order valence-electron chi connectivity index (χ4n) is 1.97. The first kappa shape index (κ1) is 18.1. The van der Waals surface area contributed by atoms with Crippen LogP contribution in [0.2, 0.25) is 5.02 Å². The van der Waals surface area contributed by atoms with E-state index in [1.54, 1.807) is 0 Å². The van der Waals surface area contributed by atoms with Crippen LogP contribution >= 0.6 is 11.6 Å². The lowest BCUT2D eigenvalue weighted by atomic mass is 10.1. The van der Waals surface area contributed by atoms with Crippen molar-refractivity contribution in [3.8, 4) is 11.5 Å². The number of esters is 1. The predicted octanol–water partition coefficient (Wildman–Crippen LogP) is 5.39. The van der Waals surface area contributed by atoms with Crippen LogP contribution < -0.4 is 4.74 Å². The highest BCUT2D eigenvalue weighted by Crippen LogP contribution is 2.40. The van der Waals surface area contributed by atoms with E-state index in [-0.39, 0.29) is 11.3 Å². The van der Waals surface area contributed by atoms with Crippen molar-refractivity contribution in [2.75, 3.05) is 7.11 Å². The van der Waals surface area contributed by atoms with E-state index in [4.69, 9.17) is 16.3 Å². The van der Waals surface area contributed by atoms with Gasteiger partial charge in [0.2, 0.25) is 0 Å². The molecular formula is C16H11ClF4O3. The second-order valence-electron chi connectivity index (χ2n) is 4.83. The summed E-state index contributed by atoms with van der Waals surface area (Å²) >= 11 is 5.61.